The maximum atomic E-state index is 13.4. The summed E-state index contributed by atoms with van der Waals surface area (Å²) >= 11 is 3.00. The van der Waals surface area contributed by atoms with Gasteiger partial charge in [-0.1, -0.05) is 13.8 Å². The molecule has 0 N–H and O–H groups in total. The molecule has 0 spiro atoms. The van der Waals surface area contributed by atoms with E-state index < -0.39 is 15.8 Å². The van der Waals surface area contributed by atoms with E-state index in [2.05, 4.69) is 15.9 Å². The van der Waals surface area contributed by atoms with E-state index in [0.717, 1.165) is 6.07 Å². The van der Waals surface area contributed by atoms with Crippen LogP contribution in [0.3, 0.4) is 0 Å². The summed E-state index contributed by atoms with van der Waals surface area (Å²) < 4.78 is 39.5. The van der Waals surface area contributed by atoms with Crippen molar-refractivity contribution in [2.24, 2.45) is 5.92 Å². The van der Waals surface area contributed by atoms with Gasteiger partial charge < -0.3 is 0 Å². The van der Waals surface area contributed by atoms with Gasteiger partial charge in [-0.05, 0) is 47.0 Å². The van der Waals surface area contributed by atoms with Gasteiger partial charge in [0.1, 0.15) is 5.82 Å². The van der Waals surface area contributed by atoms with Crippen molar-refractivity contribution in [3.63, 3.8) is 0 Å². The number of hydrogen-bond acceptors (Lipinski definition) is 2. The van der Waals surface area contributed by atoms with E-state index in [9.17, 15) is 12.8 Å². The monoisotopic (exact) mass is 337 g/mol. The van der Waals surface area contributed by atoms with E-state index in [-0.39, 0.29) is 21.3 Å². The average Bonchev–Trinajstić information content (AvgIpc) is 2.30. The molecule has 0 amide bonds. The average molecular weight is 338 g/mol. The van der Waals surface area contributed by atoms with Gasteiger partial charge in [0.25, 0.3) is 0 Å². The lowest BCUT2D eigenvalue weighted by molar-refractivity contribution is 0.315. The van der Waals surface area contributed by atoms with Crippen molar-refractivity contribution in [2.45, 2.75) is 31.7 Å². The van der Waals surface area contributed by atoms with E-state index in [4.69, 9.17) is 0 Å². The highest BCUT2D eigenvalue weighted by Gasteiger charge is 2.27. The summed E-state index contributed by atoms with van der Waals surface area (Å²) in [5.41, 5.74) is 0. The molecule has 1 rings (SSSR count). The molecule has 6 heteroatoms. The van der Waals surface area contributed by atoms with Gasteiger partial charge >= 0.3 is 0 Å². The Morgan fingerprint density at radius 2 is 1.83 bits per heavy atom. The van der Waals surface area contributed by atoms with Gasteiger partial charge in [0.2, 0.25) is 10.0 Å². The van der Waals surface area contributed by atoms with Crippen molar-refractivity contribution in [1.82, 2.24) is 4.31 Å². The first-order valence-electron chi connectivity index (χ1n) is 5.61. The van der Waals surface area contributed by atoms with Gasteiger partial charge in [-0.25, -0.2) is 12.8 Å². The molecule has 0 radical (unpaired) electrons. The molecule has 0 saturated heterocycles. The Morgan fingerprint density at radius 3 is 2.28 bits per heavy atom. The van der Waals surface area contributed by atoms with Crippen molar-refractivity contribution in [3.05, 3.63) is 28.5 Å². The number of sulfonamides is 1. The second-order valence-electron chi connectivity index (χ2n) is 4.58. The Labute approximate surface area is 116 Å². The molecule has 1 atom stereocenters. The van der Waals surface area contributed by atoms with Crippen molar-refractivity contribution in [2.75, 3.05) is 7.05 Å². The van der Waals surface area contributed by atoms with Crippen LogP contribution in [-0.4, -0.2) is 25.8 Å². The zero-order valence-corrected chi connectivity index (χ0v) is 13.2. The van der Waals surface area contributed by atoms with E-state index in [0.29, 0.717) is 0 Å². The fraction of sp³-hybridized carbons (Fsp3) is 0.500. The van der Waals surface area contributed by atoms with Crippen LogP contribution in [-0.2, 0) is 10.0 Å². The minimum absolute atomic E-state index is 0.0294. The fourth-order valence-electron chi connectivity index (χ4n) is 1.44. The smallest absolute Gasteiger partial charge is 0.207 e. The van der Waals surface area contributed by atoms with Crippen molar-refractivity contribution in [1.29, 1.82) is 0 Å². The third-order valence-corrected chi connectivity index (χ3v) is 5.69. The fourth-order valence-corrected chi connectivity index (χ4v) is 3.20. The Kier molecular flexibility index (Phi) is 4.91. The van der Waals surface area contributed by atoms with Crippen LogP contribution in [0.5, 0.6) is 0 Å². The first-order chi connectivity index (χ1) is 8.17. The maximum absolute atomic E-state index is 13.4. The van der Waals surface area contributed by atoms with Crippen LogP contribution in [0.25, 0.3) is 0 Å². The lowest BCUT2D eigenvalue weighted by atomic mass is 10.1. The summed E-state index contributed by atoms with van der Waals surface area (Å²) in [6.07, 6.45) is 0. The zero-order chi connectivity index (χ0) is 14.1. The SMILES string of the molecule is CC(C)C(C)N(C)S(=O)(=O)c1ccc(Br)c(F)c1. The second kappa shape index (κ2) is 5.67. The summed E-state index contributed by atoms with van der Waals surface area (Å²) in [5, 5.41) is 0. The van der Waals surface area contributed by atoms with E-state index in [1.807, 2.05) is 20.8 Å². The van der Waals surface area contributed by atoms with Gasteiger partial charge in [-0.2, -0.15) is 4.31 Å². The first kappa shape index (κ1) is 15.6. The van der Waals surface area contributed by atoms with Crippen molar-refractivity contribution < 1.29 is 12.8 Å². The lowest BCUT2D eigenvalue weighted by Gasteiger charge is -2.27. The molecule has 1 aromatic carbocycles. The molecular weight excluding hydrogens is 321 g/mol. The second-order valence-corrected chi connectivity index (χ2v) is 7.43. The van der Waals surface area contributed by atoms with E-state index in [1.54, 1.807) is 0 Å². The van der Waals surface area contributed by atoms with Crippen LogP contribution in [0.4, 0.5) is 4.39 Å². The molecule has 0 heterocycles. The minimum Gasteiger partial charge on any atom is -0.207 e. The quantitative estimate of drug-likeness (QED) is 0.845. The first-order valence-corrected chi connectivity index (χ1v) is 7.84. The molecular formula is C12H17BrFNO2S. The number of hydrogen-bond donors (Lipinski definition) is 0. The molecule has 0 bridgehead atoms. The minimum atomic E-state index is -3.65. The lowest BCUT2D eigenvalue weighted by Crippen LogP contribution is -2.38. The molecule has 0 aliphatic heterocycles. The van der Waals surface area contributed by atoms with Crippen LogP contribution in [0.1, 0.15) is 20.8 Å². The van der Waals surface area contributed by atoms with E-state index >= 15 is 0 Å². The molecule has 102 valence electrons. The molecule has 0 aliphatic carbocycles. The summed E-state index contributed by atoms with van der Waals surface area (Å²) in [5.74, 6) is -0.397. The molecule has 0 saturated carbocycles. The van der Waals surface area contributed by atoms with Crippen LogP contribution in [0.2, 0.25) is 0 Å². The molecule has 0 fully saturated rings. The molecule has 3 nitrogen and oxygen atoms in total. The highest BCUT2D eigenvalue weighted by atomic mass is 79.9. The predicted molar refractivity (Wildman–Crippen MR) is 73.3 cm³/mol. The molecule has 0 aromatic heterocycles. The number of halogens is 2. The summed E-state index contributed by atoms with van der Waals surface area (Å²) in [6, 6.07) is 3.67. The Bertz CT molecular complexity index is 531. The Balaban J connectivity index is 3.17. The number of benzene rings is 1. The van der Waals surface area contributed by atoms with Gasteiger partial charge in [0.15, 0.2) is 0 Å². The van der Waals surface area contributed by atoms with Gasteiger partial charge in [0, 0.05) is 13.1 Å². The third-order valence-electron chi connectivity index (χ3n) is 3.11. The van der Waals surface area contributed by atoms with E-state index in [1.165, 1.54) is 23.5 Å². The molecule has 1 aromatic rings. The third kappa shape index (κ3) is 3.10. The summed E-state index contributed by atoms with van der Waals surface area (Å²) in [7, 11) is -2.14. The molecule has 0 aliphatic rings. The van der Waals surface area contributed by atoms with Crippen molar-refractivity contribution >= 4 is 26.0 Å². The molecule has 18 heavy (non-hydrogen) atoms. The van der Waals surface area contributed by atoms with Crippen molar-refractivity contribution in [3.8, 4) is 0 Å². The van der Waals surface area contributed by atoms with Gasteiger partial charge in [-0.3, -0.25) is 0 Å². The number of rotatable bonds is 4. The van der Waals surface area contributed by atoms with Crippen LogP contribution >= 0.6 is 15.9 Å². The molecule has 1 unspecified atom stereocenters. The van der Waals surface area contributed by atoms with Crippen LogP contribution < -0.4 is 0 Å². The number of nitrogens with zero attached hydrogens (tertiary/aromatic N) is 1. The Morgan fingerprint density at radius 1 is 1.28 bits per heavy atom. The maximum Gasteiger partial charge on any atom is 0.243 e. The normalized spacial score (nSPS) is 14.2. The summed E-state index contributed by atoms with van der Waals surface area (Å²) in [4.78, 5) is -0.0294. The predicted octanol–water partition coefficient (Wildman–Crippen LogP) is 3.25. The van der Waals surface area contributed by atoms with Gasteiger partial charge in [0.05, 0.1) is 9.37 Å². The highest BCUT2D eigenvalue weighted by molar-refractivity contribution is 9.10. The van der Waals surface area contributed by atoms with Crippen LogP contribution in [0, 0.1) is 11.7 Å². The standard InChI is InChI=1S/C12H17BrFNO2S/c1-8(2)9(3)15(4)18(16,17)10-5-6-11(13)12(14)7-10/h5-9H,1-4H3. The zero-order valence-electron chi connectivity index (χ0n) is 10.8. The highest BCUT2D eigenvalue weighted by Crippen LogP contribution is 2.23. The van der Waals surface area contributed by atoms with Gasteiger partial charge in [-0.15, -0.1) is 0 Å². The Hall–Kier alpha value is -0.460. The summed E-state index contributed by atoms with van der Waals surface area (Å²) in [6.45, 7) is 5.72. The largest absolute Gasteiger partial charge is 0.243 e. The topological polar surface area (TPSA) is 37.4 Å². The van der Waals surface area contributed by atoms with Crippen LogP contribution in [0.15, 0.2) is 27.6 Å².